The molecule has 0 fully saturated rings. The summed E-state index contributed by atoms with van der Waals surface area (Å²) in [6.45, 7) is 0. The van der Waals surface area contributed by atoms with E-state index in [-0.39, 0.29) is 0 Å². The van der Waals surface area contributed by atoms with Crippen molar-refractivity contribution < 1.29 is 4.42 Å². The Balaban J connectivity index is 1.35. The lowest BCUT2D eigenvalue weighted by atomic mass is 9.94. The third kappa shape index (κ3) is 4.83. The average Bonchev–Trinajstić information content (AvgIpc) is 3.56. The van der Waals surface area contributed by atoms with Crippen LogP contribution in [0.25, 0.3) is 66.1 Å². The van der Waals surface area contributed by atoms with Crippen LogP contribution in [0.1, 0.15) is 0 Å². The summed E-state index contributed by atoms with van der Waals surface area (Å²) in [5.74, 6) is 0. The van der Waals surface area contributed by atoms with Gasteiger partial charge in [0.2, 0.25) is 0 Å². The van der Waals surface area contributed by atoms with E-state index in [1.54, 1.807) is 0 Å². The van der Waals surface area contributed by atoms with E-state index < -0.39 is 0 Å². The van der Waals surface area contributed by atoms with Crippen molar-refractivity contribution in [1.82, 2.24) is 0 Å². The van der Waals surface area contributed by atoms with Gasteiger partial charge in [0.1, 0.15) is 11.2 Å². The Morgan fingerprint density at radius 2 is 0.958 bits per heavy atom. The summed E-state index contributed by atoms with van der Waals surface area (Å²) in [6.07, 6.45) is 0. The summed E-state index contributed by atoms with van der Waals surface area (Å²) < 4.78 is 6.76. The molecule has 9 rings (SSSR count). The van der Waals surface area contributed by atoms with Gasteiger partial charge in [-0.25, -0.2) is 0 Å². The first-order chi connectivity index (χ1) is 23.8. The predicted molar refractivity (Wildman–Crippen MR) is 202 cm³/mol. The smallest absolute Gasteiger partial charge is 0.143 e. The second-order valence-corrected chi connectivity index (χ2v) is 12.1. The van der Waals surface area contributed by atoms with Gasteiger partial charge in [-0.1, -0.05) is 140 Å². The van der Waals surface area contributed by atoms with Crippen LogP contribution in [0.3, 0.4) is 0 Å². The molecule has 0 radical (unpaired) electrons. The van der Waals surface area contributed by atoms with Gasteiger partial charge < -0.3 is 9.32 Å². The summed E-state index contributed by atoms with van der Waals surface area (Å²) in [4.78, 5) is 2.39. The molecule has 226 valence electrons. The summed E-state index contributed by atoms with van der Waals surface area (Å²) in [7, 11) is 0. The molecule has 0 bridgehead atoms. The third-order valence-electron chi connectivity index (χ3n) is 9.25. The van der Waals surface area contributed by atoms with Crippen LogP contribution in [0.2, 0.25) is 0 Å². The van der Waals surface area contributed by atoms with Crippen LogP contribution in [0.5, 0.6) is 0 Å². The first kappa shape index (κ1) is 27.9. The van der Waals surface area contributed by atoms with Crippen molar-refractivity contribution in [2.45, 2.75) is 0 Å². The van der Waals surface area contributed by atoms with Crippen molar-refractivity contribution >= 4 is 49.8 Å². The molecule has 0 amide bonds. The van der Waals surface area contributed by atoms with Crippen LogP contribution >= 0.6 is 0 Å². The molecule has 2 heteroatoms. The van der Waals surface area contributed by atoms with E-state index in [0.29, 0.717) is 0 Å². The number of hydrogen-bond acceptors (Lipinski definition) is 2. The van der Waals surface area contributed by atoms with Crippen molar-refractivity contribution in [3.05, 3.63) is 188 Å². The van der Waals surface area contributed by atoms with Crippen LogP contribution in [0, 0.1) is 0 Å². The maximum Gasteiger partial charge on any atom is 0.143 e. The van der Waals surface area contributed by atoms with Crippen molar-refractivity contribution in [3.8, 4) is 33.4 Å². The fraction of sp³-hybridized carbons (Fsp3) is 0. The molecule has 0 unspecified atom stereocenters. The van der Waals surface area contributed by atoms with E-state index >= 15 is 0 Å². The van der Waals surface area contributed by atoms with Crippen LogP contribution in [-0.2, 0) is 0 Å². The van der Waals surface area contributed by atoms with Gasteiger partial charge in [0.15, 0.2) is 0 Å². The van der Waals surface area contributed by atoms with Crippen molar-refractivity contribution in [1.29, 1.82) is 0 Å². The van der Waals surface area contributed by atoms with E-state index in [2.05, 4.69) is 193 Å². The number of fused-ring (bicyclic) bond motifs is 5. The molecule has 0 aliphatic heterocycles. The molecule has 0 atom stereocenters. The zero-order chi connectivity index (χ0) is 31.9. The van der Waals surface area contributed by atoms with Gasteiger partial charge in [0.05, 0.1) is 11.1 Å². The van der Waals surface area contributed by atoms with Gasteiger partial charge in [-0.15, -0.1) is 0 Å². The number of rotatable bonds is 6. The number of hydrogen-bond donors (Lipinski definition) is 0. The second kappa shape index (κ2) is 11.8. The Morgan fingerprint density at radius 3 is 1.71 bits per heavy atom. The minimum Gasteiger partial charge on any atom is -0.455 e. The molecule has 9 aromatic rings. The number of furan rings is 1. The SMILES string of the molecule is c1ccc(-c2ccc(N(c3ccccc3)c3c(-c4cccc(-c5ccccc5)c4)ccc4oc5c6ccccc6ccc5c34)cc2)cc1. The Bertz CT molecular complexity index is 2530. The lowest BCUT2D eigenvalue weighted by Gasteiger charge is -2.29. The Morgan fingerprint density at radius 1 is 0.375 bits per heavy atom. The van der Waals surface area contributed by atoms with Crippen molar-refractivity contribution in [2.75, 3.05) is 4.90 Å². The molecule has 0 aliphatic rings. The number of anilines is 3. The highest BCUT2D eigenvalue weighted by Gasteiger charge is 2.24. The summed E-state index contributed by atoms with van der Waals surface area (Å²) in [5, 5.41) is 4.47. The molecule has 1 heterocycles. The average molecular weight is 614 g/mol. The lowest BCUT2D eigenvalue weighted by molar-refractivity contribution is 0.673. The second-order valence-electron chi connectivity index (χ2n) is 12.1. The molecule has 0 N–H and O–H groups in total. The lowest BCUT2D eigenvalue weighted by Crippen LogP contribution is -2.11. The minimum atomic E-state index is 0.862. The molecule has 0 aliphatic carbocycles. The number of benzene rings is 8. The maximum atomic E-state index is 6.76. The molecule has 1 aromatic heterocycles. The van der Waals surface area contributed by atoms with Gasteiger partial charge in [-0.3, -0.25) is 0 Å². The predicted octanol–water partition coefficient (Wildman–Crippen LogP) is 13.2. The van der Waals surface area contributed by atoms with E-state index in [1.165, 1.54) is 22.3 Å². The molecule has 48 heavy (non-hydrogen) atoms. The summed E-state index contributed by atoms with van der Waals surface area (Å²) in [5.41, 5.74) is 12.0. The molecule has 2 nitrogen and oxygen atoms in total. The Labute approximate surface area is 279 Å². The first-order valence-corrected chi connectivity index (χ1v) is 16.4. The van der Waals surface area contributed by atoms with Crippen molar-refractivity contribution in [2.24, 2.45) is 0 Å². The largest absolute Gasteiger partial charge is 0.455 e. The van der Waals surface area contributed by atoms with Crippen molar-refractivity contribution in [3.63, 3.8) is 0 Å². The standard InChI is InChI=1S/C46H31NO/c1-4-13-32(14-5-1)34-23-26-39(27-24-34)47(38-20-8-3-9-21-38)45-40(37-19-12-18-36(31-37)33-15-6-2-7-16-33)29-30-43-44(45)42-28-25-35-17-10-11-22-41(35)46(42)48-43/h1-31H. The molecule has 8 aromatic carbocycles. The summed E-state index contributed by atoms with van der Waals surface area (Å²) >= 11 is 0. The zero-order valence-corrected chi connectivity index (χ0v) is 26.3. The van der Waals surface area contributed by atoms with E-state index in [4.69, 9.17) is 4.42 Å². The molecular weight excluding hydrogens is 583 g/mol. The van der Waals surface area contributed by atoms with Gasteiger partial charge in [0, 0.05) is 27.7 Å². The molecular formula is C46H31NO. The number of para-hydroxylation sites is 1. The fourth-order valence-corrected chi connectivity index (χ4v) is 6.96. The number of nitrogens with zero attached hydrogens (tertiary/aromatic N) is 1. The summed E-state index contributed by atoms with van der Waals surface area (Å²) in [6, 6.07) is 66.8. The van der Waals surface area contributed by atoms with Crippen LogP contribution < -0.4 is 4.90 Å². The molecule has 0 saturated carbocycles. The van der Waals surface area contributed by atoms with Gasteiger partial charge in [-0.05, 0) is 81.7 Å². The van der Waals surface area contributed by atoms with E-state index in [9.17, 15) is 0 Å². The normalized spacial score (nSPS) is 11.3. The monoisotopic (exact) mass is 613 g/mol. The Kier molecular flexibility index (Phi) is 6.84. The highest BCUT2D eigenvalue weighted by Crippen LogP contribution is 2.49. The van der Waals surface area contributed by atoms with Gasteiger partial charge in [-0.2, -0.15) is 0 Å². The van der Waals surface area contributed by atoms with Crippen LogP contribution in [0.4, 0.5) is 17.1 Å². The molecule has 0 spiro atoms. The third-order valence-corrected chi connectivity index (χ3v) is 9.25. The Hall–Kier alpha value is -6.38. The fourth-order valence-electron chi connectivity index (χ4n) is 6.96. The van der Waals surface area contributed by atoms with Crippen LogP contribution in [-0.4, -0.2) is 0 Å². The maximum absolute atomic E-state index is 6.76. The highest BCUT2D eigenvalue weighted by molar-refractivity contribution is 6.21. The topological polar surface area (TPSA) is 16.4 Å². The van der Waals surface area contributed by atoms with E-state index in [1.807, 2.05) is 0 Å². The quantitative estimate of drug-likeness (QED) is 0.185. The molecule has 0 saturated heterocycles. The van der Waals surface area contributed by atoms with Crippen LogP contribution in [0.15, 0.2) is 192 Å². The first-order valence-electron chi connectivity index (χ1n) is 16.4. The minimum absolute atomic E-state index is 0.862. The van der Waals surface area contributed by atoms with Gasteiger partial charge in [0.25, 0.3) is 0 Å². The van der Waals surface area contributed by atoms with Gasteiger partial charge >= 0.3 is 0 Å². The van der Waals surface area contributed by atoms with E-state index in [0.717, 1.165) is 60.9 Å². The highest BCUT2D eigenvalue weighted by atomic mass is 16.3. The zero-order valence-electron chi connectivity index (χ0n) is 26.3.